The van der Waals surface area contributed by atoms with Gasteiger partial charge in [0.05, 0.1) is 0 Å². The SMILES string of the molecule is CCC(CC)C(=O)N1CCC(NC(=O)C(CC(C)C)NC(=O)c2ccccc2C)CC1. The summed E-state index contributed by atoms with van der Waals surface area (Å²) in [7, 11) is 0. The Hall–Kier alpha value is -2.37. The molecule has 2 rings (SSSR count). The van der Waals surface area contributed by atoms with Crippen LogP contribution in [0.1, 0.15) is 75.7 Å². The van der Waals surface area contributed by atoms with Crippen LogP contribution in [-0.4, -0.2) is 47.8 Å². The van der Waals surface area contributed by atoms with E-state index < -0.39 is 6.04 Å². The normalized spacial score (nSPS) is 15.8. The van der Waals surface area contributed by atoms with Crippen molar-refractivity contribution in [1.82, 2.24) is 15.5 Å². The fourth-order valence-electron chi connectivity index (χ4n) is 4.21. The highest BCUT2D eigenvalue weighted by molar-refractivity contribution is 5.98. The van der Waals surface area contributed by atoms with Crippen molar-refractivity contribution in [1.29, 1.82) is 0 Å². The zero-order chi connectivity index (χ0) is 23.0. The number of carbonyl (C=O) groups is 3. The molecule has 0 radical (unpaired) electrons. The Morgan fingerprint density at radius 1 is 1.06 bits per heavy atom. The molecule has 2 N–H and O–H groups in total. The Morgan fingerprint density at radius 3 is 2.23 bits per heavy atom. The van der Waals surface area contributed by atoms with Crippen LogP contribution in [0, 0.1) is 18.8 Å². The zero-order valence-electron chi connectivity index (χ0n) is 19.7. The highest BCUT2D eigenvalue weighted by atomic mass is 16.2. The number of amides is 3. The predicted octanol–water partition coefficient (Wildman–Crippen LogP) is 3.68. The lowest BCUT2D eigenvalue weighted by Gasteiger charge is -2.35. The summed E-state index contributed by atoms with van der Waals surface area (Å²) in [5.41, 5.74) is 1.48. The van der Waals surface area contributed by atoms with Crippen LogP contribution in [0.4, 0.5) is 0 Å². The number of hydrogen-bond acceptors (Lipinski definition) is 3. The van der Waals surface area contributed by atoms with Crippen molar-refractivity contribution in [3.05, 3.63) is 35.4 Å². The molecule has 0 aliphatic carbocycles. The Morgan fingerprint density at radius 2 is 1.68 bits per heavy atom. The molecule has 172 valence electrons. The molecule has 31 heavy (non-hydrogen) atoms. The molecule has 1 aliphatic heterocycles. The van der Waals surface area contributed by atoms with Gasteiger partial charge in [0.25, 0.3) is 5.91 Å². The molecule has 1 saturated heterocycles. The van der Waals surface area contributed by atoms with Gasteiger partial charge in [-0.3, -0.25) is 14.4 Å². The molecule has 1 unspecified atom stereocenters. The van der Waals surface area contributed by atoms with Gasteiger partial charge in [-0.1, -0.05) is 45.9 Å². The first kappa shape index (κ1) is 24.9. The van der Waals surface area contributed by atoms with Crippen LogP contribution in [0.15, 0.2) is 24.3 Å². The van der Waals surface area contributed by atoms with Gasteiger partial charge in [-0.2, -0.15) is 0 Å². The zero-order valence-corrected chi connectivity index (χ0v) is 19.7. The summed E-state index contributed by atoms with van der Waals surface area (Å²) < 4.78 is 0. The summed E-state index contributed by atoms with van der Waals surface area (Å²) in [4.78, 5) is 40.3. The van der Waals surface area contributed by atoms with Crippen molar-refractivity contribution in [3.8, 4) is 0 Å². The molecule has 1 aromatic carbocycles. The summed E-state index contributed by atoms with van der Waals surface area (Å²) in [5.74, 6) is 0.244. The molecule has 1 aliphatic rings. The van der Waals surface area contributed by atoms with Gasteiger partial charge in [0.15, 0.2) is 0 Å². The molecule has 1 fully saturated rings. The highest BCUT2D eigenvalue weighted by Gasteiger charge is 2.29. The van der Waals surface area contributed by atoms with Crippen LogP contribution >= 0.6 is 0 Å². The Labute approximate surface area is 187 Å². The fraction of sp³-hybridized carbons (Fsp3) is 0.640. The van der Waals surface area contributed by atoms with Gasteiger partial charge in [0.2, 0.25) is 11.8 Å². The third-order valence-corrected chi connectivity index (χ3v) is 6.21. The van der Waals surface area contributed by atoms with Crippen LogP contribution in [-0.2, 0) is 9.59 Å². The molecule has 0 saturated carbocycles. The number of nitrogens with zero attached hydrogens (tertiary/aromatic N) is 1. The number of hydrogen-bond donors (Lipinski definition) is 2. The second-order valence-electron chi connectivity index (χ2n) is 9.09. The molecular weight excluding hydrogens is 390 g/mol. The van der Waals surface area contributed by atoms with Crippen LogP contribution < -0.4 is 10.6 Å². The van der Waals surface area contributed by atoms with Gasteiger partial charge >= 0.3 is 0 Å². The Kier molecular flexibility index (Phi) is 9.53. The molecule has 6 heteroatoms. The fourth-order valence-corrected chi connectivity index (χ4v) is 4.21. The van der Waals surface area contributed by atoms with E-state index in [1.165, 1.54) is 0 Å². The second-order valence-corrected chi connectivity index (χ2v) is 9.09. The van der Waals surface area contributed by atoms with Gasteiger partial charge in [-0.05, 0) is 56.6 Å². The summed E-state index contributed by atoms with van der Waals surface area (Å²) in [5, 5.41) is 6.06. The number of piperidine rings is 1. The third kappa shape index (κ3) is 7.08. The van der Waals surface area contributed by atoms with Crippen molar-refractivity contribution in [2.24, 2.45) is 11.8 Å². The van der Waals surface area contributed by atoms with E-state index in [1.54, 1.807) is 6.07 Å². The van der Waals surface area contributed by atoms with Crippen molar-refractivity contribution >= 4 is 17.7 Å². The lowest BCUT2D eigenvalue weighted by molar-refractivity contribution is -0.137. The van der Waals surface area contributed by atoms with Crippen molar-refractivity contribution in [2.45, 2.75) is 78.8 Å². The molecule has 1 aromatic rings. The third-order valence-electron chi connectivity index (χ3n) is 6.21. The lowest BCUT2D eigenvalue weighted by atomic mass is 9.97. The van der Waals surface area contributed by atoms with E-state index in [0.717, 1.165) is 31.2 Å². The quantitative estimate of drug-likeness (QED) is 0.628. The maximum atomic E-state index is 13.0. The van der Waals surface area contributed by atoms with Gasteiger partial charge in [-0.25, -0.2) is 0 Å². The van der Waals surface area contributed by atoms with Gasteiger partial charge in [0, 0.05) is 30.6 Å². The largest absolute Gasteiger partial charge is 0.351 e. The molecule has 1 heterocycles. The topological polar surface area (TPSA) is 78.5 Å². The number of benzene rings is 1. The first-order chi connectivity index (χ1) is 14.8. The predicted molar refractivity (Wildman–Crippen MR) is 124 cm³/mol. The molecule has 6 nitrogen and oxygen atoms in total. The molecule has 3 amide bonds. The second kappa shape index (κ2) is 11.9. The number of likely N-dealkylation sites (tertiary alicyclic amines) is 1. The molecule has 0 spiro atoms. The van der Waals surface area contributed by atoms with Crippen LogP contribution in [0.3, 0.4) is 0 Å². The summed E-state index contributed by atoms with van der Waals surface area (Å²) in [6, 6.07) is 6.85. The van der Waals surface area contributed by atoms with E-state index in [2.05, 4.69) is 24.5 Å². The van der Waals surface area contributed by atoms with Crippen molar-refractivity contribution < 1.29 is 14.4 Å². The van der Waals surface area contributed by atoms with E-state index in [9.17, 15) is 14.4 Å². The highest BCUT2D eigenvalue weighted by Crippen LogP contribution is 2.18. The standard InChI is InChI=1S/C25H39N3O3/c1-6-19(7-2)25(31)28-14-12-20(13-15-28)26-24(30)22(16-17(3)4)27-23(29)21-11-9-8-10-18(21)5/h8-11,17,19-20,22H,6-7,12-16H2,1-5H3,(H,26,30)(H,27,29). The first-order valence-corrected chi connectivity index (χ1v) is 11.7. The van der Waals surface area contributed by atoms with E-state index >= 15 is 0 Å². The minimum atomic E-state index is -0.573. The minimum Gasteiger partial charge on any atom is -0.351 e. The monoisotopic (exact) mass is 429 g/mol. The van der Waals surface area contributed by atoms with E-state index in [4.69, 9.17) is 0 Å². The Balaban J connectivity index is 1.95. The molecule has 0 aromatic heterocycles. The number of nitrogens with one attached hydrogen (secondary N) is 2. The lowest BCUT2D eigenvalue weighted by Crippen LogP contribution is -2.53. The number of carbonyl (C=O) groups excluding carboxylic acids is 3. The summed E-state index contributed by atoms with van der Waals surface area (Å²) in [6.45, 7) is 11.4. The van der Waals surface area contributed by atoms with Crippen LogP contribution in [0.5, 0.6) is 0 Å². The molecular formula is C25H39N3O3. The van der Waals surface area contributed by atoms with E-state index in [1.807, 2.05) is 43.9 Å². The van der Waals surface area contributed by atoms with Crippen molar-refractivity contribution in [3.63, 3.8) is 0 Å². The van der Waals surface area contributed by atoms with E-state index in [-0.39, 0.29) is 35.6 Å². The van der Waals surface area contributed by atoms with Gasteiger partial charge < -0.3 is 15.5 Å². The summed E-state index contributed by atoms with van der Waals surface area (Å²) in [6.07, 6.45) is 3.80. The summed E-state index contributed by atoms with van der Waals surface area (Å²) >= 11 is 0. The van der Waals surface area contributed by atoms with Crippen LogP contribution in [0.25, 0.3) is 0 Å². The first-order valence-electron chi connectivity index (χ1n) is 11.7. The average Bonchev–Trinajstić information content (AvgIpc) is 2.74. The van der Waals surface area contributed by atoms with E-state index in [0.29, 0.717) is 25.1 Å². The van der Waals surface area contributed by atoms with Gasteiger partial charge in [-0.15, -0.1) is 0 Å². The smallest absolute Gasteiger partial charge is 0.252 e. The van der Waals surface area contributed by atoms with Gasteiger partial charge in [0.1, 0.15) is 6.04 Å². The Bertz CT molecular complexity index is 750. The number of rotatable bonds is 9. The minimum absolute atomic E-state index is 0.0308. The van der Waals surface area contributed by atoms with Crippen LogP contribution in [0.2, 0.25) is 0 Å². The maximum absolute atomic E-state index is 13.0. The average molecular weight is 430 g/mol. The molecule has 0 bridgehead atoms. The van der Waals surface area contributed by atoms with Crippen molar-refractivity contribution in [2.75, 3.05) is 13.1 Å². The number of aryl methyl sites for hydroxylation is 1. The maximum Gasteiger partial charge on any atom is 0.252 e. The molecule has 1 atom stereocenters.